The molecule has 0 aliphatic carbocycles. The van der Waals surface area contributed by atoms with Crippen LogP contribution in [0.1, 0.15) is 12.5 Å². The first-order valence-electron chi connectivity index (χ1n) is 8.47. The molecule has 0 aromatic heterocycles. The Kier molecular flexibility index (Phi) is 5.18. The Bertz CT molecular complexity index is 883. The van der Waals surface area contributed by atoms with Gasteiger partial charge in [0.05, 0.1) is 18.0 Å². The number of benzene rings is 2. The van der Waals surface area contributed by atoms with E-state index in [4.69, 9.17) is 4.74 Å². The number of nitrogens with zero attached hydrogens (tertiary/aromatic N) is 2. The second-order valence-electron chi connectivity index (χ2n) is 6.19. The average molecular weight is 374 g/mol. The van der Waals surface area contributed by atoms with E-state index in [-0.39, 0.29) is 18.2 Å². The molecule has 0 bridgehead atoms. The molecule has 2 aromatic rings. The summed E-state index contributed by atoms with van der Waals surface area (Å²) in [5, 5.41) is 0. The summed E-state index contributed by atoms with van der Waals surface area (Å²) in [6.45, 7) is 2.00. The minimum absolute atomic E-state index is 0.0227. The Morgan fingerprint density at radius 2 is 1.81 bits per heavy atom. The number of ether oxygens (including phenoxy) is 1. The number of hydrogen-bond acceptors (Lipinski definition) is 4. The van der Waals surface area contributed by atoms with Crippen LogP contribution in [0.2, 0.25) is 0 Å². The van der Waals surface area contributed by atoms with Gasteiger partial charge in [-0.2, -0.15) is 0 Å². The van der Waals surface area contributed by atoms with Crippen LogP contribution >= 0.6 is 0 Å². The Morgan fingerprint density at radius 1 is 1.15 bits per heavy atom. The number of anilines is 1. The van der Waals surface area contributed by atoms with Gasteiger partial charge in [0, 0.05) is 13.6 Å². The first kappa shape index (κ1) is 18.3. The maximum atomic E-state index is 12.9. The molecule has 0 radical (unpaired) electrons. The highest BCUT2D eigenvalue weighted by Crippen LogP contribution is 2.35. The first-order valence-corrected chi connectivity index (χ1v) is 10.1. The van der Waals surface area contributed by atoms with Crippen LogP contribution in [0.3, 0.4) is 0 Å². The van der Waals surface area contributed by atoms with Crippen LogP contribution < -0.4 is 9.04 Å². The molecule has 1 amide bonds. The SMILES string of the molecule is CCS(=O)(=O)N1CC(C(=O)N(C)Cc2ccccc2)Oc2ccccc21. The lowest BCUT2D eigenvalue weighted by Gasteiger charge is -2.36. The van der Waals surface area contributed by atoms with Gasteiger partial charge in [0.25, 0.3) is 5.91 Å². The van der Waals surface area contributed by atoms with E-state index in [1.54, 1.807) is 43.1 Å². The molecule has 26 heavy (non-hydrogen) atoms. The smallest absolute Gasteiger partial charge is 0.265 e. The summed E-state index contributed by atoms with van der Waals surface area (Å²) in [7, 11) is -1.81. The molecule has 1 unspecified atom stereocenters. The molecule has 1 aliphatic heterocycles. The van der Waals surface area contributed by atoms with E-state index in [0.717, 1.165) is 5.56 Å². The van der Waals surface area contributed by atoms with Gasteiger partial charge in [0.1, 0.15) is 5.75 Å². The van der Waals surface area contributed by atoms with Crippen molar-refractivity contribution in [2.75, 3.05) is 23.7 Å². The monoisotopic (exact) mass is 374 g/mol. The van der Waals surface area contributed by atoms with Crippen molar-refractivity contribution in [2.45, 2.75) is 19.6 Å². The predicted octanol–water partition coefficient (Wildman–Crippen LogP) is 2.26. The number of likely N-dealkylation sites (N-methyl/N-ethyl adjacent to an activating group) is 1. The minimum Gasteiger partial charge on any atom is -0.476 e. The third-order valence-corrected chi connectivity index (χ3v) is 6.10. The van der Waals surface area contributed by atoms with Gasteiger partial charge in [-0.1, -0.05) is 42.5 Å². The summed E-state index contributed by atoms with van der Waals surface area (Å²) >= 11 is 0. The molecule has 1 aliphatic rings. The van der Waals surface area contributed by atoms with Gasteiger partial charge >= 0.3 is 0 Å². The summed E-state index contributed by atoms with van der Waals surface area (Å²) in [5.74, 6) is 0.115. The molecular formula is C19H22N2O4S. The largest absolute Gasteiger partial charge is 0.476 e. The quantitative estimate of drug-likeness (QED) is 0.805. The fraction of sp³-hybridized carbons (Fsp3) is 0.316. The molecule has 0 spiro atoms. The number of rotatable bonds is 5. The van der Waals surface area contributed by atoms with Gasteiger partial charge < -0.3 is 9.64 Å². The van der Waals surface area contributed by atoms with E-state index in [2.05, 4.69) is 0 Å². The molecule has 7 heteroatoms. The van der Waals surface area contributed by atoms with Crippen molar-refractivity contribution in [3.05, 3.63) is 60.2 Å². The zero-order chi connectivity index (χ0) is 18.7. The van der Waals surface area contributed by atoms with Crippen molar-refractivity contribution in [3.8, 4) is 5.75 Å². The number of fused-ring (bicyclic) bond motifs is 1. The van der Waals surface area contributed by atoms with Crippen LogP contribution in [0.4, 0.5) is 5.69 Å². The van der Waals surface area contributed by atoms with E-state index in [0.29, 0.717) is 18.0 Å². The number of amides is 1. The Labute approximate surface area is 154 Å². The summed E-state index contributed by atoms with van der Waals surface area (Å²) in [5.41, 5.74) is 1.47. The van der Waals surface area contributed by atoms with Crippen molar-refractivity contribution < 1.29 is 17.9 Å². The molecule has 0 saturated carbocycles. The summed E-state index contributed by atoms with van der Waals surface area (Å²) < 4.78 is 32.1. The van der Waals surface area contributed by atoms with Crippen molar-refractivity contribution in [1.29, 1.82) is 0 Å². The molecule has 0 fully saturated rings. The molecule has 0 N–H and O–H groups in total. The van der Waals surface area contributed by atoms with Crippen molar-refractivity contribution in [1.82, 2.24) is 4.90 Å². The van der Waals surface area contributed by atoms with E-state index in [1.807, 2.05) is 30.3 Å². The van der Waals surface area contributed by atoms with Crippen LogP contribution in [0, 0.1) is 0 Å². The molecule has 1 atom stereocenters. The molecule has 6 nitrogen and oxygen atoms in total. The summed E-state index contributed by atoms with van der Waals surface area (Å²) in [6.07, 6.45) is -0.875. The van der Waals surface area contributed by atoms with E-state index < -0.39 is 16.1 Å². The highest BCUT2D eigenvalue weighted by atomic mass is 32.2. The van der Waals surface area contributed by atoms with Crippen LogP contribution in [-0.4, -0.2) is 44.7 Å². The van der Waals surface area contributed by atoms with Crippen LogP contribution in [0.5, 0.6) is 5.75 Å². The van der Waals surface area contributed by atoms with Gasteiger partial charge in [0.15, 0.2) is 6.10 Å². The maximum Gasteiger partial charge on any atom is 0.265 e. The number of hydrogen-bond donors (Lipinski definition) is 0. The van der Waals surface area contributed by atoms with Crippen LogP contribution in [0.15, 0.2) is 54.6 Å². The van der Waals surface area contributed by atoms with Crippen molar-refractivity contribution in [2.24, 2.45) is 0 Å². The van der Waals surface area contributed by atoms with Gasteiger partial charge in [-0.25, -0.2) is 8.42 Å². The first-order chi connectivity index (χ1) is 12.4. The molecule has 1 heterocycles. The lowest BCUT2D eigenvalue weighted by Crippen LogP contribution is -2.51. The fourth-order valence-electron chi connectivity index (χ4n) is 2.93. The highest BCUT2D eigenvalue weighted by molar-refractivity contribution is 7.92. The van der Waals surface area contributed by atoms with Crippen LogP contribution in [-0.2, 0) is 21.4 Å². The van der Waals surface area contributed by atoms with Gasteiger partial charge in [-0.15, -0.1) is 0 Å². The highest BCUT2D eigenvalue weighted by Gasteiger charge is 2.37. The summed E-state index contributed by atoms with van der Waals surface area (Å²) in [6, 6.07) is 16.5. The summed E-state index contributed by atoms with van der Waals surface area (Å²) in [4.78, 5) is 14.4. The Balaban J connectivity index is 1.84. The lowest BCUT2D eigenvalue weighted by atomic mass is 10.2. The van der Waals surface area contributed by atoms with E-state index in [9.17, 15) is 13.2 Å². The van der Waals surface area contributed by atoms with Crippen molar-refractivity contribution in [3.63, 3.8) is 0 Å². The van der Waals surface area contributed by atoms with Gasteiger partial charge in [-0.05, 0) is 24.6 Å². The third-order valence-electron chi connectivity index (χ3n) is 4.35. The topological polar surface area (TPSA) is 66.9 Å². The minimum atomic E-state index is -3.50. The van der Waals surface area contributed by atoms with Crippen LogP contribution in [0.25, 0.3) is 0 Å². The number of carbonyl (C=O) groups is 1. The number of sulfonamides is 1. The lowest BCUT2D eigenvalue weighted by molar-refractivity contribution is -0.137. The van der Waals surface area contributed by atoms with Crippen molar-refractivity contribution >= 4 is 21.6 Å². The zero-order valence-corrected chi connectivity index (χ0v) is 15.6. The molecule has 3 rings (SSSR count). The van der Waals surface area contributed by atoms with Gasteiger partial charge in [0.2, 0.25) is 10.0 Å². The Morgan fingerprint density at radius 3 is 2.50 bits per heavy atom. The average Bonchev–Trinajstić information content (AvgIpc) is 2.67. The third kappa shape index (κ3) is 3.67. The number of para-hydroxylation sites is 2. The second kappa shape index (κ2) is 7.37. The normalized spacial score (nSPS) is 16.5. The number of carbonyl (C=O) groups excluding carboxylic acids is 1. The second-order valence-corrected chi connectivity index (χ2v) is 8.37. The van der Waals surface area contributed by atoms with E-state index >= 15 is 0 Å². The zero-order valence-electron chi connectivity index (χ0n) is 14.8. The van der Waals surface area contributed by atoms with Gasteiger partial charge in [-0.3, -0.25) is 9.10 Å². The molecule has 0 saturated heterocycles. The molecular weight excluding hydrogens is 352 g/mol. The standard InChI is InChI=1S/C19H22N2O4S/c1-3-26(23,24)21-14-18(25-17-12-8-7-11-16(17)21)19(22)20(2)13-15-9-5-4-6-10-15/h4-12,18H,3,13-14H2,1-2H3. The molecule has 2 aromatic carbocycles. The van der Waals surface area contributed by atoms with E-state index in [1.165, 1.54) is 4.31 Å². The predicted molar refractivity (Wildman–Crippen MR) is 101 cm³/mol. The molecule has 138 valence electrons. The maximum absolute atomic E-state index is 12.9. The fourth-order valence-corrected chi connectivity index (χ4v) is 4.06. The Hall–Kier alpha value is -2.54.